The Balaban J connectivity index is 1.51. The predicted octanol–water partition coefficient (Wildman–Crippen LogP) is 4.02. The van der Waals surface area contributed by atoms with Crippen LogP contribution in [0.2, 0.25) is 0 Å². The summed E-state index contributed by atoms with van der Waals surface area (Å²) >= 11 is 3.45. The molecule has 2 aromatic carbocycles. The first-order valence-corrected chi connectivity index (χ1v) is 8.98. The Hall–Kier alpha value is -2.38. The van der Waals surface area contributed by atoms with Crippen LogP contribution in [0, 0.1) is 0 Å². The Labute approximate surface area is 160 Å². The molecule has 6 nitrogen and oxygen atoms in total. The van der Waals surface area contributed by atoms with Crippen molar-refractivity contribution in [3.8, 4) is 22.9 Å². The van der Waals surface area contributed by atoms with E-state index in [1.54, 1.807) is 7.11 Å². The molecule has 3 aromatic rings. The molecule has 0 unspecified atom stereocenters. The molecule has 0 aliphatic heterocycles. The first kappa shape index (κ1) is 18.4. The largest absolute Gasteiger partial charge is 0.493 e. The number of rotatable bonds is 8. The van der Waals surface area contributed by atoms with Gasteiger partial charge in [-0.1, -0.05) is 45.4 Å². The van der Waals surface area contributed by atoms with Crippen LogP contribution in [0.15, 0.2) is 57.5 Å². The zero-order valence-electron chi connectivity index (χ0n) is 14.7. The van der Waals surface area contributed by atoms with Gasteiger partial charge < -0.3 is 14.0 Å². The van der Waals surface area contributed by atoms with Crippen molar-refractivity contribution in [1.29, 1.82) is 0 Å². The number of methoxy groups -OCH3 is 1. The van der Waals surface area contributed by atoms with Gasteiger partial charge in [-0.2, -0.15) is 4.98 Å². The van der Waals surface area contributed by atoms with E-state index in [1.165, 1.54) is 0 Å². The van der Waals surface area contributed by atoms with E-state index >= 15 is 0 Å². The smallest absolute Gasteiger partial charge is 0.241 e. The number of nitrogens with zero attached hydrogens (tertiary/aromatic N) is 3. The summed E-state index contributed by atoms with van der Waals surface area (Å²) in [6, 6.07) is 15.4. The highest BCUT2D eigenvalue weighted by atomic mass is 79.9. The van der Waals surface area contributed by atoms with Gasteiger partial charge in [-0.15, -0.1) is 0 Å². The summed E-state index contributed by atoms with van der Waals surface area (Å²) in [5, 5.41) is 4.05. The standard InChI is InChI=1S/C19H20BrN3O3/c1-23(10-11-25-17-9-4-3-8-16(17)24-2)13-18-21-19(22-26-18)14-6-5-7-15(20)12-14/h3-9,12H,10-11,13H2,1-2H3. The minimum absolute atomic E-state index is 0.531. The molecule has 0 aliphatic rings. The van der Waals surface area contributed by atoms with Crippen molar-refractivity contribution in [3.63, 3.8) is 0 Å². The van der Waals surface area contributed by atoms with E-state index in [4.69, 9.17) is 14.0 Å². The maximum absolute atomic E-state index is 5.79. The van der Waals surface area contributed by atoms with Gasteiger partial charge in [-0.25, -0.2) is 0 Å². The van der Waals surface area contributed by atoms with Gasteiger partial charge in [0, 0.05) is 16.6 Å². The van der Waals surface area contributed by atoms with E-state index in [2.05, 4.69) is 31.0 Å². The lowest BCUT2D eigenvalue weighted by Crippen LogP contribution is -2.24. The number of ether oxygens (including phenoxy) is 2. The van der Waals surface area contributed by atoms with Crippen LogP contribution in [0.5, 0.6) is 11.5 Å². The molecule has 0 spiro atoms. The summed E-state index contributed by atoms with van der Waals surface area (Å²) in [5.41, 5.74) is 0.913. The molecule has 0 aliphatic carbocycles. The van der Waals surface area contributed by atoms with Gasteiger partial charge in [-0.05, 0) is 31.3 Å². The number of hydrogen-bond donors (Lipinski definition) is 0. The SMILES string of the molecule is COc1ccccc1OCCN(C)Cc1nc(-c2cccc(Br)c2)no1. The second kappa shape index (κ2) is 8.82. The molecule has 1 aromatic heterocycles. The molecule has 0 atom stereocenters. The second-order valence-corrected chi connectivity index (χ2v) is 6.67. The third kappa shape index (κ3) is 4.83. The van der Waals surface area contributed by atoms with Gasteiger partial charge in [0.2, 0.25) is 11.7 Å². The number of para-hydroxylation sites is 2. The average molecular weight is 418 g/mol. The Morgan fingerprint density at radius 3 is 2.69 bits per heavy atom. The van der Waals surface area contributed by atoms with Crippen LogP contribution in [0.25, 0.3) is 11.4 Å². The third-order valence-corrected chi connectivity index (χ3v) is 4.25. The lowest BCUT2D eigenvalue weighted by atomic mass is 10.2. The fourth-order valence-electron chi connectivity index (χ4n) is 2.42. The first-order valence-electron chi connectivity index (χ1n) is 8.18. The summed E-state index contributed by atoms with van der Waals surface area (Å²) < 4.78 is 17.4. The fourth-order valence-corrected chi connectivity index (χ4v) is 2.82. The molecule has 1 heterocycles. The van der Waals surface area contributed by atoms with Crippen molar-refractivity contribution in [2.24, 2.45) is 0 Å². The van der Waals surface area contributed by atoms with Crippen LogP contribution in [-0.2, 0) is 6.54 Å². The van der Waals surface area contributed by atoms with E-state index in [0.29, 0.717) is 31.4 Å². The molecule has 0 bridgehead atoms. The van der Waals surface area contributed by atoms with Gasteiger partial charge >= 0.3 is 0 Å². The van der Waals surface area contributed by atoms with Crippen molar-refractivity contribution in [2.75, 3.05) is 27.3 Å². The van der Waals surface area contributed by atoms with E-state index in [0.717, 1.165) is 21.5 Å². The predicted molar refractivity (Wildman–Crippen MR) is 102 cm³/mol. The quantitative estimate of drug-likeness (QED) is 0.551. The molecule has 0 fully saturated rings. The highest BCUT2D eigenvalue weighted by molar-refractivity contribution is 9.10. The van der Waals surface area contributed by atoms with Crippen molar-refractivity contribution in [3.05, 3.63) is 58.9 Å². The van der Waals surface area contributed by atoms with Crippen LogP contribution in [0.3, 0.4) is 0 Å². The molecule has 0 saturated heterocycles. The number of aromatic nitrogens is 2. The lowest BCUT2D eigenvalue weighted by molar-refractivity contribution is 0.208. The molecule has 0 N–H and O–H groups in total. The second-order valence-electron chi connectivity index (χ2n) is 5.76. The van der Waals surface area contributed by atoms with Gasteiger partial charge in [0.1, 0.15) is 6.61 Å². The Morgan fingerprint density at radius 2 is 1.92 bits per heavy atom. The molecule has 0 saturated carbocycles. The number of benzene rings is 2. The number of halogens is 1. The summed E-state index contributed by atoms with van der Waals surface area (Å²) in [6.07, 6.45) is 0. The van der Waals surface area contributed by atoms with Crippen molar-refractivity contribution in [2.45, 2.75) is 6.54 Å². The van der Waals surface area contributed by atoms with Crippen LogP contribution in [0.1, 0.15) is 5.89 Å². The zero-order chi connectivity index (χ0) is 18.4. The molecular formula is C19H20BrN3O3. The van der Waals surface area contributed by atoms with Gasteiger partial charge in [-0.3, -0.25) is 4.90 Å². The summed E-state index contributed by atoms with van der Waals surface area (Å²) in [5.74, 6) is 2.61. The monoisotopic (exact) mass is 417 g/mol. The highest BCUT2D eigenvalue weighted by Gasteiger charge is 2.11. The molecule has 3 rings (SSSR count). The maximum Gasteiger partial charge on any atom is 0.241 e. The van der Waals surface area contributed by atoms with E-state index < -0.39 is 0 Å². The Bertz CT molecular complexity index is 853. The molecule has 0 radical (unpaired) electrons. The minimum atomic E-state index is 0.531. The summed E-state index contributed by atoms with van der Waals surface area (Å²) in [7, 11) is 3.61. The van der Waals surface area contributed by atoms with Gasteiger partial charge in [0.05, 0.1) is 13.7 Å². The van der Waals surface area contributed by atoms with Gasteiger partial charge in [0.15, 0.2) is 11.5 Å². The van der Waals surface area contributed by atoms with Crippen LogP contribution >= 0.6 is 15.9 Å². The van der Waals surface area contributed by atoms with Crippen LogP contribution in [-0.4, -0.2) is 42.3 Å². The van der Waals surface area contributed by atoms with Crippen LogP contribution < -0.4 is 9.47 Å². The first-order chi connectivity index (χ1) is 12.7. The van der Waals surface area contributed by atoms with Gasteiger partial charge in [0.25, 0.3) is 0 Å². The van der Waals surface area contributed by atoms with E-state index in [9.17, 15) is 0 Å². The molecule has 136 valence electrons. The zero-order valence-corrected chi connectivity index (χ0v) is 16.3. The minimum Gasteiger partial charge on any atom is -0.493 e. The normalized spacial score (nSPS) is 10.9. The summed E-state index contributed by atoms with van der Waals surface area (Å²) in [4.78, 5) is 6.52. The maximum atomic E-state index is 5.79. The highest BCUT2D eigenvalue weighted by Crippen LogP contribution is 2.25. The Morgan fingerprint density at radius 1 is 1.12 bits per heavy atom. The van der Waals surface area contributed by atoms with Crippen molar-refractivity contribution >= 4 is 15.9 Å². The summed E-state index contributed by atoms with van der Waals surface area (Å²) in [6.45, 7) is 1.80. The van der Waals surface area contributed by atoms with E-state index in [-0.39, 0.29) is 0 Å². The molecule has 26 heavy (non-hydrogen) atoms. The average Bonchev–Trinajstić information content (AvgIpc) is 3.10. The fraction of sp³-hybridized carbons (Fsp3) is 0.263. The van der Waals surface area contributed by atoms with Crippen molar-refractivity contribution in [1.82, 2.24) is 15.0 Å². The molecular weight excluding hydrogens is 398 g/mol. The van der Waals surface area contributed by atoms with Crippen molar-refractivity contribution < 1.29 is 14.0 Å². The Kier molecular flexibility index (Phi) is 6.25. The molecule has 0 amide bonds. The lowest BCUT2D eigenvalue weighted by Gasteiger charge is -2.15. The topological polar surface area (TPSA) is 60.6 Å². The number of hydrogen-bond acceptors (Lipinski definition) is 6. The third-order valence-electron chi connectivity index (χ3n) is 3.76. The van der Waals surface area contributed by atoms with Crippen LogP contribution in [0.4, 0.5) is 0 Å². The number of likely N-dealkylation sites (N-methyl/N-ethyl adjacent to an activating group) is 1. The van der Waals surface area contributed by atoms with E-state index in [1.807, 2.05) is 55.6 Å². The molecule has 7 heteroatoms.